The molecule has 4 unspecified atom stereocenters. The monoisotopic (exact) mass is 423 g/mol. The van der Waals surface area contributed by atoms with Gasteiger partial charge in [0.05, 0.1) is 19.1 Å². The van der Waals surface area contributed by atoms with Crippen LogP contribution in [0, 0.1) is 17.7 Å². The van der Waals surface area contributed by atoms with Gasteiger partial charge < -0.3 is 19.9 Å². The lowest BCUT2D eigenvalue weighted by atomic mass is 9.70. The van der Waals surface area contributed by atoms with Crippen LogP contribution in [-0.4, -0.2) is 42.7 Å². The Hall–Kier alpha value is -2.59. The smallest absolute Gasteiger partial charge is 0.401 e. The number of fused-ring (bicyclic) bond motifs is 1. The maximum atomic E-state index is 13.7. The molecular formula is C17H19FN5O5P. The average Bonchev–Trinajstić information content (AvgIpc) is 3.06. The number of halogens is 1. The third kappa shape index (κ3) is 3.95. The number of phosphoric acid groups is 1. The first-order valence-electron chi connectivity index (χ1n) is 8.85. The minimum atomic E-state index is -4.56. The predicted molar refractivity (Wildman–Crippen MR) is 100 cm³/mol. The van der Waals surface area contributed by atoms with E-state index >= 15 is 0 Å². The Labute approximate surface area is 164 Å². The molecule has 154 valence electrons. The normalized spacial score (nSPS) is 23.5. The number of nitrogen functional groups attached to an aromatic ring is 1. The first kappa shape index (κ1) is 19.7. The summed E-state index contributed by atoms with van der Waals surface area (Å²) in [6.45, 7) is -0.295. The second kappa shape index (κ2) is 7.68. The van der Waals surface area contributed by atoms with E-state index in [0.717, 1.165) is 6.07 Å². The number of benzene rings is 1. The minimum absolute atomic E-state index is 0.100. The van der Waals surface area contributed by atoms with Gasteiger partial charge in [0.25, 0.3) is 0 Å². The zero-order chi connectivity index (χ0) is 20.6. The van der Waals surface area contributed by atoms with Gasteiger partial charge in [-0.3, -0.25) is 9.42 Å². The molecule has 3 aromatic rings. The number of aliphatic hydroxyl groups excluding tert-OH is 1. The molecule has 4 N–H and O–H groups in total. The summed E-state index contributed by atoms with van der Waals surface area (Å²) in [5.74, 6) is -1.51. The van der Waals surface area contributed by atoms with Crippen LogP contribution in [0.4, 0.5) is 10.3 Å². The van der Waals surface area contributed by atoms with Gasteiger partial charge in [-0.15, -0.1) is 0 Å². The van der Waals surface area contributed by atoms with Crippen LogP contribution in [0.25, 0.3) is 11.2 Å². The number of hydrogen-bond acceptors (Lipinski definition) is 8. The van der Waals surface area contributed by atoms with Crippen molar-refractivity contribution in [3.8, 4) is 5.75 Å². The number of phosphoric ester groups is 1. The quantitative estimate of drug-likeness (QED) is 0.485. The van der Waals surface area contributed by atoms with Crippen LogP contribution in [0.3, 0.4) is 0 Å². The highest BCUT2D eigenvalue weighted by Crippen LogP contribution is 2.50. The molecule has 0 radical (unpaired) electrons. The van der Waals surface area contributed by atoms with Crippen molar-refractivity contribution in [3.63, 3.8) is 0 Å². The Morgan fingerprint density at radius 1 is 1.34 bits per heavy atom. The van der Waals surface area contributed by atoms with Crippen molar-refractivity contribution in [2.45, 2.75) is 12.5 Å². The third-order valence-corrected chi connectivity index (χ3v) is 5.95. The molecule has 1 aliphatic rings. The topological polar surface area (TPSA) is 146 Å². The summed E-state index contributed by atoms with van der Waals surface area (Å²) < 4.78 is 37.6. The Kier molecular flexibility index (Phi) is 5.22. The lowest BCUT2D eigenvalue weighted by Crippen LogP contribution is -2.43. The van der Waals surface area contributed by atoms with Crippen molar-refractivity contribution >= 4 is 24.9 Å². The fourth-order valence-corrected chi connectivity index (χ4v) is 4.30. The largest absolute Gasteiger partial charge is 0.527 e. The molecule has 0 spiro atoms. The third-order valence-electron chi connectivity index (χ3n) is 5.05. The Bertz CT molecular complexity index is 1080. The van der Waals surface area contributed by atoms with Crippen molar-refractivity contribution in [2.24, 2.45) is 11.8 Å². The Morgan fingerprint density at radius 3 is 2.90 bits per heavy atom. The Morgan fingerprint density at radius 2 is 2.14 bits per heavy atom. The van der Waals surface area contributed by atoms with Crippen molar-refractivity contribution in [1.29, 1.82) is 0 Å². The summed E-state index contributed by atoms with van der Waals surface area (Å²) in [7, 11) is -4.56. The highest BCUT2D eigenvalue weighted by molar-refractivity contribution is 7.47. The van der Waals surface area contributed by atoms with Gasteiger partial charge in [-0.1, -0.05) is 12.1 Å². The second-order valence-electron chi connectivity index (χ2n) is 6.78. The van der Waals surface area contributed by atoms with Gasteiger partial charge in [-0.05, 0) is 24.5 Å². The van der Waals surface area contributed by atoms with E-state index in [2.05, 4.69) is 15.0 Å². The first-order valence-corrected chi connectivity index (χ1v) is 10.3. The molecule has 29 heavy (non-hydrogen) atoms. The van der Waals surface area contributed by atoms with E-state index in [-0.39, 0.29) is 42.8 Å². The molecule has 0 aliphatic heterocycles. The van der Waals surface area contributed by atoms with Gasteiger partial charge in [0.1, 0.15) is 5.52 Å². The number of hydrogen-bond donors (Lipinski definition) is 3. The standard InChI is InChI=1S/C17H19FN5O5P/c18-12-3-1-2-4-15(12)28-29(25,26)27-8-11-10(7-24)5-14(11)23-9-21-13-6-20-17(19)22-16(13)23/h1-4,6,9-11,14,24H,5,7-8H2,(H,25,26)(H2,19,20,22). The average molecular weight is 423 g/mol. The molecule has 0 amide bonds. The molecule has 0 saturated heterocycles. The maximum absolute atomic E-state index is 13.7. The lowest BCUT2D eigenvalue weighted by Gasteiger charge is -2.44. The fraction of sp³-hybridized carbons (Fsp3) is 0.353. The number of aromatic nitrogens is 4. The lowest BCUT2D eigenvalue weighted by molar-refractivity contribution is -0.00484. The van der Waals surface area contributed by atoms with Crippen LogP contribution in [0.1, 0.15) is 12.5 Å². The summed E-state index contributed by atoms with van der Waals surface area (Å²) in [6, 6.07) is 5.06. The summed E-state index contributed by atoms with van der Waals surface area (Å²) in [5.41, 5.74) is 6.74. The van der Waals surface area contributed by atoms with E-state index in [4.69, 9.17) is 14.8 Å². The predicted octanol–water partition coefficient (Wildman–Crippen LogP) is 1.91. The first-order chi connectivity index (χ1) is 13.9. The minimum Gasteiger partial charge on any atom is -0.401 e. The van der Waals surface area contributed by atoms with E-state index in [9.17, 15) is 19.0 Å². The van der Waals surface area contributed by atoms with E-state index in [1.807, 2.05) is 0 Å². The molecule has 1 aromatic carbocycles. The van der Waals surface area contributed by atoms with Gasteiger partial charge in [0, 0.05) is 18.6 Å². The highest BCUT2D eigenvalue weighted by Gasteiger charge is 2.44. The van der Waals surface area contributed by atoms with Crippen LogP contribution in [0.5, 0.6) is 5.75 Å². The van der Waals surface area contributed by atoms with Crippen LogP contribution >= 0.6 is 7.82 Å². The molecule has 10 nitrogen and oxygen atoms in total. The molecule has 2 heterocycles. The Balaban J connectivity index is 1.49. The molecule has 2 aromatic heterocycles. The summed E-state index contributed by atoms with van der Waals surface area (Å²) in [6.07, 6.45) is 3.69. The second-order valence-corrected chi connectivity index (χ2v) is 8.16. The number of anilines is 1. The van der Waals surface area contributed by atoms with Gasteiger partial charge in [0.15, 0.2) is 17.2 Å². The number of rotatable bonds is 7. The number of nitrogens with two attached hydrogens (primary N) is 1. The number of aliphatic hydroxyl groups is 1. The van der Waals surface area contributed by atoms with Crippen molar-refractivity contribution in [3.05, 3.63) is 42.6 Å². The summed E-state index contributed by atoms with van der Waals surface area (Å²) >= 11 is 0. The molecule has 1 aliphatic carbocycles. The van der Waals surface area contributed by atoms with Gasteiger partial charge in [-0.25, -0.2) is 18.9 Å². The summed E-state index contributed by atoms with van der Waals surface area (Å²) in [5, 5.41) is 9.59. The van der Waals surface area contributed by atoms with E-state index in [1.54, 1.807) is 10.9 Å². The van der Waals surface area contributed by atoms with E-state index < -0.39 is 13.6 Å². The van der Waals surface area contributed by atoms with Crippen molar-refractivity contribution in [1.82, 2.24) is 19.5 Å². The van der Waals surface area contributed by atoms with Gasteiger partial charge >= 0.3 is 7.82 Å². The zero-order valence-corrected chi connectivity index (χ0v) is 16.0. The molecule has 12 heteroatoms. The van der Waals surface area contributed by atoms with E-state index in [0.29, 0.717) is 17.6 Å². The molecular weight excluding hydrogens is 404 g/mol. The van der Waals surface area contributed by atoms with Gasteiger partial charge in [0.2, 0.25) is 5.95 Å². The maximum Gasteiger partial charge on any atom is 0.527 e. The number of nitrogens with zero attached hydrogens (tertiary/aromatic N) is 4. The number of imidazole rings is 1. The van der Waals surface area contributed by atoms with Crippen LogP contribution in [0.15, 0.2) is 36.8 Å². The summed E-state index contributed by atoms with van der Waals surface area (Å²) in [4.78, 5) is 22.3. The fourth-order valence-electron chi connectivity index (χ4n) is 3.49. The van der Waals surface area contributed by atoms with Crippen molar-refractivity contribution < 1.29 is 28.0 Å². The SMILES string of the molecule is Nc1ncc2ncn(C3CC(CO)C3COP(=O)(O)Oc3ccccc3F)c2n1. The molecule has 1 saturated carbocycles. The van der Waals surface area contributed by atoms with Crippen molar-refractivity contribution in [2.75, 3.05) is 18.9 Å². The van der Waals surface area contributed by atoms with Gasteiger partial charge in [-0.2, -0.15) is 4.98 Å². The van der Waals surface area contributed by atoms with Crippen LogP contribution in [0.2, 0.25) is 0 Å². The number of para-hydroxylation sites is 1. The van der Waals surface area contributed by atoms with Crippen LogP contribution < -0.4 is 10.3 Å². The molecule has 1 fully saturated rings. The van der Waals surface area contributed by atoms with E-state index in [1.165, 1.54) is 24.4 Å². The molecule has 4 atom stereocenters. The zero-order valence-electron chi connectivity index (χ0n) is 15.1. The molecule has 4 rings (SSSR count). The highest BCUT2D eigenvalue weighted by atomic mass is 31.2. The molecule has 0 bridgehead atoms. The van der Waals surface area contributed by atoms with Crippen LogP contribution in [-0.2, 0) is 9.09 Å².